The van der Waals surface area contributed by atoms with Crippen LogP contribution in [0.5, 0.6) is 5.75 Å². The van der Waals surface area contributed by atoms with Gasteiger partial charge in [-0.15, -0.1) is 11.3 Å². The van der Waals surface area contributed by atoms with Crippen LogP contribution in [0.1, 0.15) is 43.2 Å². The van der Waals surface area contributed by atoms with E-state index in [0.717, 1.165) is 29.8 Å². The molecule has 1 atom stereocenters. The summed E-state index contributed by atoms with van der Waals surface area (Å²) in [5.74, 6) is 2.44. The summed E-state index contributed by atoms with van der Waals surface area (Å²) < 4.78 is 5.78. The summed E-state index contributed by atoms with van der Waals surface area (Å²) in [7, 11) is 0. The molecule has 0 aliphatic heterocycles. The Balaban J connectivity index is 1.61. The van der Waals surface area contributed by atoms with Crippen LogP contribution in [-0.2, 0) is 6.54 Å². The Labute approximate surface area is 191 Å². The van der Waals surface area contributed by atoms with Crippen LogP contribution < -0.4 is 15.4 Å². The highest BCUT2D eigenvalue weighted by Gasteiger charge is 2.24. The van der Waals surface area contributed by atoms with Crippen LogP contribution in [0, 0.1) is 5.41 Å². The minimum absolute atomic E-state index is 0.250. The lowest BCUT2D eigenvalue weighted by molar-refractivity contribution is 0.0994. The highest BCUT2D eigenvalue weighted by atomic mass is 32.1. The quantitative estimate of drug-likeness (QED) is 0.302. The van der Waals surface area contributed by atoms with Gasteiger partial charge in [0.15, 0.2) is 5.82 Å². The first kappa shape index (κ1) is 22.2. The third-order valence-corrected chi connectivity index (χ3v) is 5.83. The van der Waals surface area contributed by atoms with Crippen molar-refractivity contribution in [3.63, 3.8) is 0 Å². The number of benzene rings is 1. The molecule has 4 rings (SSSR count). The highest BCUT2D eigenvalue weighted by molar-refractivity contribution is 7.09. The fourth-order valence-electron chi connectivity index (χ4n) is 3.23. The Kier molecular flexibility index (Phi) is 7.28. The minimum Gasteiger partial charge on any atom is -0.491 e. The number of aliphatic hydroxyl groups is 1. The van der Waals surface area contributed by atoms with E-state index in [1.807, 2.05) is 36.6 Å². The topological polar surface area (TPSA) is 116 Å². The van der Waals surface area contributed by atoms with Crippen LogP contribution in [-0.4, -0.2) is 45.0 Å². The monoisotopic (exact) mass is 452 g/mol. The van der Waals surface area contributed by atoms with Crippen LogP contribution in [0.15, 0.2) is 35.8 Å². The largest absolute Gasteiger partial charge is 0.491 e. The van der Waals surface area contributed by atoms with E-state index in [2.05, 4.69) is 15.6 Å². The van der Waals surface area contributed by atoms with Gasteiger partial charge in [0.25, 0.3) is 0 Å². The third-order valence-electron chi connectivity index (χ3n) is 5.06. The maximum Gasteiger partial charge on any atom is 0.164 e. The first-order valence-electron chi connectivity index (χ1n) is 10.9. The minimum atomic E-state index is -0.484. The second kappa shape index (κ2) is 10.5. The number of aliphatic hydroxyl groups excluding tert-OH is 1. The van der Waals surface area contributed by atoms with Crippen molar-refractivity contribution in [2.45, 2.75) is 51.3 Å². The van der Waals surface area contributed by atoms with Gasteiger partial charge >= 0.3 is 0 Å². The van der Waals surface area contributed by atoms with Crippen molar-refractivity contribution in [1.82, 2.24) is 15.0 Å². The van der Waals surface area contributed by atoms with Crippen molar-refractivity contribution in [3.8, 4) is 17.1 Å². The Morgan fingerprint density at radius 3 is 2.88 bits per heavy atom. The zero-order chi connectivity index (χ0) is 22.3. The number of hydrogen-bond acceptors (Lipinski definition) is 9. The standard InChI is InChI=1S/C23H28N6O2S/c1-2-4-17(30)14-31-18-6-3-5-15(11-18)21-28-22(26-13-20-25-9-10-32-20)19(12-24)23(29-21)27-16-7-8-16/h3,5-6,9-12,16-17,24,30H,2,4,7-8,13-14H2,1H3,(H2,26,27,28,29). The molecule has 9 heteroatoms. The zero-order valence-corrected chi connectivity index (χ0v) is 18.9. The molecule has 1 unspecified atom stereocenters. The average Bonchev–Trinajstić information content (AvgIpc) is 3.46. The summed E-state index contributed by atoms with van der Waals surface area (Å²) in [5, 5.41) is 27.5. The second-order valence-electron chi connectivity index (χ2n) is 7.78. The first-order valence-corrected chi connectivity index (χ1v) is 11.8. The van der Waals surface area contributed by atoms with Gasteiger partial charge in [-0.3, -0.25) is 0 Å². The predicted molar refractivity (Wildman–Crippen MR) is 128 cm³/mol. The molecule has 0 radical (unpaired) electrons. The van der Waals surface area contributed by atoms with Crippen molar-refractivity contribution < 1.29 is 9.84 Å². The van der Waals surface area contributed by atoms with Crippen LogP contribution in [0.3, 0.4) is 0 Å². The molecule has 1 fully saturated rings. The van der Waals surface area contributed by atoms with Gasteiger partial charge in [0, 0.05) is 29.4 Å². The van der Waals surface area contributed by atoms with E-state index in [4.69, 9.17) is 20.1 Å². The summed E-state index contributed by atoms with van der Waals surface area (Å²) in [6, 6.07) is 7.95. The summed E-state index contributed by atoms with van der Waals surface area (Å²) in [6.45, 7) is 2.81. The highest BCUT2D eigenvalue weighted by Crippen LogP contribution is 2.31. The fraction of sp³-hybridized carbons (Fsp3) is 0.391. The average molecular weight is 453 g/mol. The molecule has 1 aliphatic carbocycles. The van der Waals surface area contributed by atoms with E-state index >= 15 is 0 Å². The number of rotatable bonds is 12. The molecular formula is C23H28N6O2S. The Morgan fingerprint density at radius 1 is 1.31 bits per heavy atom. The third kappa shape index (κ3) is 5.80. The molecule has 0 bridgehead atoms. The molecule has 0 saturated heterocycles. The van der Waals surface area contributed by atoms with E-state index in [1.165, 1.54) is 6.21 Å². The maximum atomic E-state index is 9.96. The van der Waals surface area contributed by atoms with E-state index in [-0.39, 0.29) is 6.61 Å². The molecule has 2 aromatic heterocycles. The number of anilines is 2. The Hall–Kier alpha value is -3.04. The van der Waals surface area contributed by atoms with Gasteiger partial charge in [-0.2, -0.15) is 0 Å². The van der Waals surface area contributed by atoms with E-state index in [1.54, 1.807) is 17.5 Å². The molecule has 0 amide bonds. The van der Waals surface area contributed by atoms with E-state index in [0.29, 0.717) is 47.8 Å². The van der Waals surface area contributed by atoms with Gasteiger partial charge in [-0.25, -0.2) is 15.0 Å². The van der Waals surface area contributed by atoms with Crippen LogP contribution in [0.4, 0.5) is 11.6 Å². The van der Waals surface area contributed by atoms with Gasteiger partial charge in [0.2, 0.25) is 0 Å². The number of thiazole rings is 1. The van der Waals surface area contributed by atoms with Crippen LogP contribution >= 0.6 is 11.3 Å². The lowest BCUT2D eigenvalue weighted by Gasteiger charge is -2.15. The van der Waals surface area contributed by atoms with E-state index < -0.39 is 6.10 Å². The molecule has 1 saturated carbocycles. The lowest BCUT2D eigenvalue weighted by Crippen LogP contribution is -2.17. The van der Waals surface area contributed by atoms with Gasteiger partial charge in [-0.1, -0.05) is 25.5 Å². The number of ether oxygens (including phenoxy) is 1. The number of hydrogen-bond donors (Lipinski definition) is 4. The second-order valence-corrected chi connectivity index (χ2v) is 8.76. The normalized spacial score (nSPS) is 14.1. The van der Waals surface area contributed by atoms with Crippen molar-refractivity contribution in [3.05, 3.63) is 46.4 Å². The molecule has 0 spiro atoms. The van der Waals surface area contributed by atoms with Crippen molar-refractivity contribution in [2.75, 3.05) is 17.2 Å². The number of nitrogens with zero attached hydrogens (tertiary/aromatic N) is 3. The molecule has 32 heavy (non-hydrogen) atoms. The molecule has 4 N–H and O–H groups in total. The molecule has 2 heterocycles. The van der Waals surface area contributed by atoms with Gasteiger partial charge in [0.1, 0.15) is 29.0 Å². The molecule has 1 aromatic carbocycles. The predicted octanol–water partition coefficient (Wildman–Crippen LogP) is 4.32. The molecule has 1 aliphatic rings. The van der Waals surface area contributed by atoms with Crippen LogP contribution in [0.25, 0.3) is 11.4 Å². The summed E-state index contributed by atoms with van der Waals surface area (Å²) >= 11 is 1.57. The number of aromatic nitrogens is 3. The Morgan fingerprint density at radius 2 is 2.16 bits per heavy atom. The number of nitrogens with one attached hydrogen (secondary N) is 3. The van der Waals surface area contributed by atoms with Gasteiger partial charge < -0.3 is 25.9 Å². The molecular weight excluding hydrogens is 424 g/mol. The SMILES string of the molecule is CCCC(O)COc1cccc(-c2nc(NCc3nccs3)c(C=N)c(NC3CC3)n2)c1. The summed E-state index contributed by atoms with van der Waals surface area (Å²) in [6.07, 6.45) is 6.39. The summed E-state index contributed by atoms with van der Waals surface area (Å²) in [4.78, 5) is 13.8. The van der Waals surface area contributed by atoms with Gasteiger partial charge in [-0.05, 0) is 31.4 Å². The van der Waals surface area contributed by atoms with Gasteiger partial charge in [0.05, 0.1) is 18.2 Å². The lowest BCUT2D eigenvalue weighted by atomic mass is 10.2. The summed E-state index contributed by atoms with van der Waals surface area (Å²) in [5.41, 5.74) is 1.44. The van der Waals surface area contributed by atoms with Crippen molar-refractivity contribution in [1.29, 1.82) is 5.41 Å². The molecule has 168 valence electrons. The zero-order valence-electron chi connectivity index (χ0n) is 18.0. The fourth-order valence-corrected chi connectivity index (χ4v) is 3.79. The van der Waals surface area contributed by atoms with E-state index in [9.17, 15) is 5.11 Å². The van der Waals surface area contributed by atoms with Crippen LogP contribution in [0.2, 0.25) is 0 Å². The van der Waals surface area contributed by atoms with Crippen molar-refractivity contribution >= 4 is 29.2 Å². The molecule has 3 aromatic rings. The van der Waals surface area contributed by atoms with Crippen molar-refractivity contribution in [2.24, 2.45) is 0 Å². The molecule has 8 nitrogen and oxygen atoms in total. The first-order chi connectivity index (χ1) is 15.7. The Bertz CT molecular complexity index is 1040. The smallest absolute Gasteiger partial charge is 0.164 e. The maximum absolute atomic E-state index is 9.96.